The van der Waals surface area contributed by atoms with Crippen LogP contribution in [-0.4, -0.2) is 58.2 Å². The van der Waals surface area contributed by atoms with E-state index in [-0.39, 0.29) is 26.0 Å². The van der Waals surface area contributed by atoms with E-state index in [1.165, 1.54) is 4.90 Å². The summed E-state index contributed by atoms with van der Waals surface area (Å²) in [4.78, 5) is 48.7. The number of alkyl carbamates (subject to hydrolysis) is 1. The van der Waals surface area contributed by atoms with Gasteiger partial charge in [-0.1, -0.05) is 30.3 Å². The summed E-state index contributed by atoms with van der Waals surface area (Å²) in [6, 6.07) is 7.46. The average Bonchev–Trinajstić information content (AvgIpc) is 2.63. The summed E-state index contributed by atoms with van der Waals surface area (Å²) in [6.45, 7) is 4.85. The number of amides is 2. The van der Waals surface area contributed by atoms with Crippen molar-refractivity contribution in [1.82, 2.24) is 10.2 Å². The Hall–Kier alpha value is -3.10. The first kappa shape index (κ1) is 22.2. The summed E-state index contributed by atoms with van der Waals surface area (Å²) >= 11 is 0. The van der Waals surface area contributed by atoms with Crippen LogP contribution in [0.5, 0.6) is 0 Å². The number of esters is 1. The van der Waals surface area contributed by atoms with E-state index in [2.05, 4.69) is 5.32 Å². The molecule has 2 rings (SSSR count). The van der Waals surface area contributed by atoms with E-state index in [0.29, 0.717) is 0 Å². The predicted molar refractivity (Wildman–Crippen MR) is 102 cm³/mol. The number of carboxylic acids is 1. The predicted octanol–water partition coefficient (Wildman–Crippen LogP) is 1.70. The highest BCUT2D eigenvalue weighted by molar-refractivity contribution is 5.94. The molecule has 1 aliphatic heterocycles. The molecule has 1 heterocycles. The minimum Gasteiger partial charge on any atom is -0.481 e. The van der Waals surface area contributed by atoms with Crippen molar-refractivity contribution >= 4 is 23.9 Å². The van der Waals surface area contributed by atoms with Crippen molar-refractivity contribution < 1.29 is 33.8 Å². The van der Waals surface area contributed by atoms with Crippen LogP contribution in [0, 0.1) is 0 Å². The number of benzene rings is 1. The van der Waals surface area contributed by atoms with Crippen molar-refractivity contribution in [1.29, 1.82) is 0 Å². The van der Waals surface area contributed by atoms with Gasteiger partial charge < -0.3 is 24.8 Å². The Morgan fingerprint density at radius 3 is 2.41 bits per heavy atom. The van der Waals surface area contributed by atoms with Crippen molar-refractivity contribution in [3.05, 3.63) is 35.9 Å². The molecule has 9 nitrogen and oxygen atoms in total. The zero-order valence-electron chi connectivity index (χ0n) is 16.7. The van der Waals surface area contributed by atoms with Crippen LogP contribution in [0.4, 0.5) is 4.79 Å². The minimum absolute atomic E-state index is 0.0367. The van der Waals surface area contributed by atoms with Crippen molar-refractivity contribution in [3.63, 3.8) is 0 Å². The Morgan fingerprint density at radius 1 is 1.17 bits per heavy atom. The molecule has 0 unspecified atom stereocenters. The summed E-state index contributed by atoms with van der Waals surface area (Å²) < 4.78 is 10.3. The largest absolute Gasteiger partial charge is 0.481 e. The third-order valence-electron chi connectivity index (χ3n) is 4.19. The molecule has 2 amide bonds. The lowest BCUT2D eigenvalue weighted by atomic mass is 9.91. The Balaban J connectivity index is 1.94. The maximum atomic E-state index is 12.4. The molecule has 0 spiro atoms. The highest BCUT2D eigenvalue weighted by Crippen LogP contribution is 2.25. The number of nitrogens with one attached hydrogen (secondary N) is 1. The molecule has 0 aliphatic carbocycles. The van der Waals surface area contributed by atoms with Gasteiger partial charge in [0.1, 0.15) is 24.8 Å². The maximum absolute atomic E-state index is 12.4. The van der Waals surface area contributed by atoms with Crippen LogP contribution in [0.3, 0.4) is 0 Å². The second-order valence-electron chi connectivity index (χ2n) is 7.74. The summed E-state index contributed by atoms with van der Waals surface area (Å²) in [5.41, 5.74) is 0.0806. The number of hydrogen-bond donors (Lipinski definition) is 2. The molecule has 29 heavy (non-hydrogen) atoms. The third kappa shape index (κ3) is 6.78. The number of β-lactam (4-membered cyclic amide) rings is 1. The monoisotopic (exact) mass is 406 g/mol. The van der Waals surface area contributed by atoms with E-state index in [1.54, 1.807) is 32.9 Å². The number of carbonyl (C=O) groups is 4. The molecule has 0 aromatic heterocycles. The Morgan fingerprint density at radius 2 is 1.83 bits per heavy atom. The number of aliphatic carboxylic acids is 1. The van der Waals surface area contributed by atoms with Crippen LogP contribution in [0.1, 0.15) is 39.2 Å². The maximum Gasteiger partial charge on any atom is 0.408 e. The van der Waals surface area contributed by atoms with Gasteiger partial charge in [0.15, 0.2) is 0 Å². The lowest BCUT2D eigenvalue weighted by Gasteiger charge is -2.46. The number of hydrogen-bond acceptors (Lipinski definition) is 6. The number of nitrogens with zero attached hydrogens (tertiary/aromatic N) is 1. The average molecular weight is 406 g/mol. The van der Waals surface area contributed by atoms with Gasteiger partial charge in [-0.05, 0) is 32.8 Å². The highest BCUT2D eigenvalue weighted by Gasteiger charge is 2.49. The van der Waals surface area contributed by atoms with Gasteiger partial charge in [-0.3, -0.25) is 14.4 Å². The second-order valence-corrected chi connectivity index (χ2v) is 7.74. The first-order valence-electron chi connectivity index (χ1n) is 9.28. The van der Waals surface area contributed by atoms with Crippen molar-refractivity contribution in [3.8, 4) is 0 Å². The first-order valence-corrected chi connectivity index (χ1v) is 9.28. The van der Waals surface area contributed by atoms with Crippen LogP contribution in [0.15, 0.2) is 30.3 Å². The topological polar surface area (TPSA) is 122 Å². The molecule has 1 saturated heterocycles. The molecular weight excluding hydrogens is 380 g/mol. The molecule has 2 atom stereocenters. The molecule has 9 heteroatoms. The van der Waals surface area contributed by atoms with Gasteiger partial charge in [0, 0.05) is 6.42 Å². The number of rotatable bonds is 8. The summed E-state index contributed by atoms with van der Waals surface area (Å²) in [5, 5.41) is 11.4. The summed E-state index contributed by atoms with van der Waals surface area (Å²) in [5.74, 6) is -2.12. The fourth-order valence-electron chi connectivity index (χ4n) is 2.96. The zero-order valence-corrected chi connectivity index (χ0v) is 16.7. The first-order chi connectivity index (χ1) is 13.6. The van der Waals surface area contributed by atoms with E-state index < -0.39 is 41.6 Å². The normalized spacial score (nSPS) is 18.6. The molecule has 0 bridgehead atoms. The van der Waals surface area contributed by atoms with Crippen LogP contribution in [-0.2, 0) is 30.5 Å². The summed E-state index contributed by atoms with van der Waals surface area (Å²) in [7, 11) is 0. The van der Waals surface area contributed by atoms with Crippen molar-refractivity contribution in [2.45, 2.75) is 57.9 Å². The summed E-state index contributed by atoms with van der Waals surface area (Å²) in [6.07, 6.45) is -0.905. The van der Waals surface area contributed by atoms with Gasteiger partial charge in [-0.25, -0.2) is 4.79 Å². The fraction of sp³-hybridized carbons (Fsp3) is 0.500. The van der Waals surface area contributed by atoms with Gasteiger partial charge in [0.2, 0.25) is 5.91 Å². The van der Waals surface area contributed by atoms with Crippen LogP contribution in [0.25, 0.3) is 0 Å². The standard InChI is InChI=1S/C20H26N2O7/c1-20(2,3)29-16(25)11-22-14(9-10-15(23)24)17(18(22)26)21-19(27)28-12-13-7-5-4-6-8-13/h4-8,14,17H,9-12H2,1-3H3,(H,21,27)(H,23,24)/t14-,17+/m1/s1. The molecule has 1 aliphatic rings. The molecule has 0 radical (unpaired) electrons. The quantitative estimate of drug-likeness (QED) is 0.498. The Labute approximate surface area is 169 Å². The molecular formula is C20H26N2O7. The molecule has 1 fully saturated rings. The smallest absolute Gasteiger partial charge is 0.408 e. The fourth-order valence-corrected chi connectivity index (χ4v) is 2.96. The SMILES string of the molecule is CC(C)(C)OC(=O)CN1C(=O)[C@@H](NC(=O)OCc2ccccc2)[C@H]1CCC(=O)O. The van der Waals surface area contributed by atoms with Gasteiger partial charge in [0.05, 0.1) is 6.04 Å². The van der Waals surface area contributed by atoms with E-state index in [9.17, 15) is 19.2 Å². The van der Waals surface area contributed by atoms with Crippen LogP contribution < -0.4 is 5.32 Å². The second kappa shape index (κ2) is 9.40. The van der Waals surface area contributed by atoms with E-state index in [0.717, 1.165) is 5.56 Å². The van der Waals surface area contributed by atoms with Crippen molar-refractivity contribution in [2.24, 2.45) is 0 Å². The molecule has 0 saturated carbocycles. The third-order valence-corrected chi connectivity index (χ3v) is 4.19. The Kier molecular flexibility index (Phi) is 7.19. The van der Waals surface area contributed by atoms with Gasteiger partial charge >= 0.3 is 18.0 Å². The van der Waals surface area contributed by atoms with E-state index in [1.807, 2.05) is 18.2 Å². The lowest BCUT2D eigenvalue weighted by Crippen LogP contribution is -2.71. The van der Waals surface area contributed by atoms with Gasteiger partial charge in [0.25, 0.3) is 0 Å². The zero-order chi connectivity index (χ0) is 21.6. The lowest BCUT2D eigenvalue weighted by molar-refractivity contribution is -0.167. The molecule has 1 aromatic rings. The van der Waals surface area contributed by atoms with Crippen LogP contribution >= 0.6 is 0 Å². The number of carbonyl (C=O) groups excluding carboxylic acids is 3. The van der Waals surface area contributed by atoms with Crippen LogP contribution in [0.2, 0.25) is 0 Å². The minimum atomic E-state index is -1.04. The van der Waals surface area contributed by atoms with E-state index >= 15 is 0 Å². The molecule has 2 N–H and O–H groups in total. The number of carboxylic acid groups (broad SMARTS) is 1. The Bertz CT molecular complexity index is 758. The molecule has 158 valence electrons. The van der Waals surface area contributed by atoms with Gasteiger partial charge in [-0.15, -0.1) is 0 Å². The van der Waals surface area contributed by atoms with Gasteiger partial charge in [-0.2, -0.15) is 0 Å². The molecule has 1 aromatic carbocycles. The van der Waals surface area contributed by atoms with E-state index in [4.69, 9.17) is 14.6 Å². The highest BCUT2D eigenvalue weighted by atomic mass is 16.6. The van der Waals surface area contributed by atoms with Crippen molar-refractivity contribution in [2.75, 3.05) is 6.54 Å². The number of likely N-dealkylation sites (tertiary alicyclic amines) is 1. The number of ether oxygens (including phenoxy) is 2.